The Balaban J connectivity index is 1.60. The highest BCUT2D eigenvalue weighted by Crippen LogP contribution is 2.35. The Hall–Kier alpha value is -3.67. The van der Waals surface area contributed by atoms with Gasteiger partial charge in [-0.1, -0.05) is 24.3 Å². The Bertz CT molecular complexity index is 1060. The van der Waals surface area contributed by atoms with Crippen molar-refractivity contribution < 1.29 is 14.1 Å². The van der Waals surface area contributed by atoms with Crippen molar-refractivity contribution in [3.63, 3.8) is 0 Å². The van der Waals surface area contributed by atoms with Gasteiger partial charge < -0.3 is 9.32 Å². The molecule has 0 radical (unpaired) electrons. The molecule has 1 unspecified atom stereocenters. The van der Waals surface area contributed by atoms with E-state index in [0.717, 1.165) is 30.6 Å². The molecule has 1 heterocycles. The number of nitro benzene ring substituents is 1. The lowest BCUT2D eigenvalue weighted by molar-refractivity contribution is -0.384. The largest absolute Gasteiger partial charge is 0.467 e. The van der Waals surface area contributed by atoms with Gasteiger partial charge >= 0.3 is 0 Å². The number of nitro groups is 1. The molecule has 0 N–H and O–H groups in total. The molecule has 6 heteroatoms. The van der Waals surface area contributed by atoms with Gasteiger partial charge in [0.05, 0.1) is 23.8 Å². The van der Waals surface area contributed by atoms with E-state index in [1.807, 2.05) is 29.2 Å². The van der Waals surface area contributed by atoms with E-state index in [-0.39, 0.29) is 17.6 Å². The van der Waals surface area contributed by atoms with Crippen LogP contribution in [0, 0.1) is 10.1 Å². The number of furan rings is 1. The van der Waals surface area contributed by atoms with Crippen LogP contribution in [0.5, 0.6) is 0 Å². The Morgan fingerprint density at radius 3 is 2.67 bits per heavy atom. The summed E-state index contributed by atoms with van der Waals surface area (Å²) >= 11 is 0. The zero-order valence-electron chi connectivity index (χ0n) is 16.4. The first-order valence-electron chi connectivity index (χ1n) is 9.95. The summed E-state index contributed by atoms with van der Waals surface area (Å²) in [6.45, 7) is 0.384. The first-order chi connectivity index (χ1) is 14.6. The maximum atomic E-state index is 13.2. The monoisotopic (exact) mass is 402 g/mol. The average molecular weight is 402 g/mol. The SMILES string of the molecule is O=C(/C=C/c1ccc([N+](=O)[O-])cc1)N(Cc1ccco1)C1CCCc2ccccc21. The number of carbonyl (C=O) groups is 1. The van der Waals surface area contributed by atoms with E-state index in [1.54, 1.807) is 24.5 Å². The predicted octanol–water partition coefficient (Wildman–Crippen LogP) is 5.31. The zero-order chi connectivity index (χ0) is 20.9. The van der Waals surface area contributed by atoms with Crippen molar-refractivity contribution in [2.45, 2.75) is 31.8 Å². The van der Waals surface area contributed by atoms with E-state index in [9.17, 15) is 14.9 Å². The molecule has 0 fully saturated rings. The van der Waals surface area contributed by atoms with Crippen LogP contribution in [0.15, 0.2) is 77.4 Å². The summed E-state index contributed by atoms with van der Waals surface area (Å²) < 4.78 is 5.51. The molecule has 1 aliphatic rings. The molecule has 1 atom stereocenters. The smallest absolute Gasteiger partial charge is 0.269 e. The van der Waals surface area contributed by atoms with E-state index in [2.05, 4.69) is 12.1 Å². The van der Waals surface area contributed by atoms with Gasteiger partial charge in [-0.05, 0) is 66.3 Å². The van der Waals surface area contributed by atoms with Gasteiger partial charge in [-0.25, -0.2) is 0 Å². The molecular formula is C24H22N2O4. The fourth-order valence-electron chi connectivity index (χ4n) is 3.93. The summed E-state index contributed by atoms with van der Waals surface area (Å²) in [6, 6.07) is 18.1. The number of rotatable bonds is 6. The van der Waals surface area contributed by atoms with Gasteiger partial charge in [0.1, 0.15) is 5.76 Å². The van der Waals surface area contributed by atoms with Crippen LogP contribution in [0.4, 0.5) is 5.69 Å². The number of amides is 1. The maximum Gasteiger partial charge on any atom is 0.269 e. The Kier molecular flexibility index (Phi) is 5.75. The number of fused-ring (bicyclic) bond motifs is 1. The third kappa shape index (κ3) is 4.33. The molecule has 0 spiro atoms. The maximum absolute atomic E-state index is 13.2. The number of hydrogen-bond acceptors (Lipinski definition) is 4. The Morgan fingerprint density at radius 1 is 1.13 bits per heavy atom. The normalized spacial score (nSPS) is 15.7. The van der Waals surface area contributed by atoms with Crippen molar-refractivity contribution >= 4 is 17.7 Å². The number of carbonyl (C=O) groups excluding carboxylic acids is 1. The highest BCUT2D eigenvalue weighted by atomic mass is 16.6. The number of non-ortho nitro benzene ring substituents is 1. The molecule has 0 bridgehead atoms. The van der Waals surface area contributed by atoms with Crippen LogP contribution in [0.1, 0.15) is 41.3 Å². The second-order valence-corrected chi connectivity index (χ2v) is 7.33. The summed E-state index contributed by atoms with van der Waals surface area (Å²) in [7, 11) is 0. The zero-order valence-corrected chi connectivity index (χ0v) is 16.4. The van der Waals surface area contributed by atoms with Crippen molar-refractivity contribution in [3.8, 4) is 0 Å². The minimum Gasteiger partial charge on any atom is -0.467 e. The molecule has 1 amide bonds. The van der Waals surface area contributed by atoms with Gasteiger partial charge in [0, 0.05) is 18.2 Å². The first-order valence-corrected chi connectivity index (χ1v) is 9.95. The fourth-order valence-corrected chi connectivity index (χ4v) is 3.93. The molecule has 6 nitrogen and oxygen atoms in total. The van der Waals surface area contributed by atoms with Crippen LogP contribution in [0.25, 0.3) is 6.08 Å². The van der Waals surface area contributed by atoms with E-state index in [1.165, 1.54) is 29.3 Å². The van der Waals surface area contributed by atoms with Crippen molar-refractivity contribution in [2.75, 3.05) is 0 Å². The van der Waals surface area contributed by atoms with Crippen LogP contribution in [-0.4, -0.2) is 15.7 Å². The minimum absolute atomic E-state index is 0.0194. The second-order valence-electron chi connectivity index (χ2n) is 7.33. The van der Waals surface area contributed by atoms with E-state index >= 15 is 0 Å². The van der Waals surface area contributed by atoms with Gasteiger partial charge in [0.25, 0.3) is 5.69 Å². The van der Waals surface area contributed by atoms with E-state index < -0.39 is 4.92 Å². The second kappa shape index (κ2) is 8.78. The molecule has 1 aromatic heterocycles. The van der Waals surface area contributed by atoms with Gasteiger partial charge in [0.2, 0.25) is 5.91 Å². The molecule has 3 aromatic rings. The van der Waals surface area contributed by atoms with Gasteiger partial charge in [-0.2, -0.15) is 0 Å². The molecule has 0 aliphatic heterocycles. The van der Waals surface area contributed by atoms with Crippen LogP contribution in [-0.2, 0) is 17.8 Å². The topological polar surface area (TPSA) is 76.6 Å². The van der Waals surface area contributed by atoms with Gasteiger partial charge in [-0.3, -0.25) is 14.9 Å². The summed E-state index contributed by atoms with van der Waals surface area (Å²) in [4.78, 5) is 25.4. The molecule has 1 aliphatic carbocycles. The molecule has 30 heavy (non-hydrogen) atoms. The van der Waals surface area contributed by atoms with Crippen molar-refractivity contribution in [1.82, 2.24) is 4.90 Å². The number of aryl methyl sites for hydroxylation is 1. The fraction of sp³-hybridized carbons (Fsp3) is 0.208. The van der Waals surface area contributed by atoms with E-state index in [0.29, 0.717) is 6.54 Å². The van der Waals surface area contributed by atoms with Crippen molar-refractivity contribution in [1.29, 1.82) is 0 Å². The summed E-state index contributed by atoms with van der Waals surface area (Å²) in [5, 5.41) is 10.8. The lowest BCUT2D eigenvalue weighted by Crippen LogP contribution is -2.35. The lowest BCUT2D eigenvalue weighted by atomic mass is 9.86. The number of nitrogens with zero attached hydrogens (tertiary/aromatic N) is 2. The number of benzene rings is 2. The van der Waals surface area contributed by atoms with Crippen LogP contribution in [0.2, 0.25) is 0 Å². The number of hydrogen-bond donors (Lipinski definition) is 0. The molecule has 4 rings (SSSR count). The Labute approximate surface area is 174 Å². The first kappa shape index (κ1) is 19.6. The highest BCUT2D eigenvalue weighted by Gasteiger charge is 2.28. The standard InChI is InChI=1S/C24H22N2O4/c27-24(15-12-18-10-13-20(14-11-18)26(28)29)25(17-21-7-4-16-30-21)23-9-3-6-19-5-1-2-8-22(19)23/h1-2,4-5,7-8,10-16,23H,3,6,9,17H2/b15-12+. The van der Waals surface area contributed by atoms with E-state index in [4.69, 9.17) is 4.42 Å². The summed E-state index contributed by atoms with van der Waals surface area (Å²) in [5.41, 5.74) is 3.23. The van der Waals surface area contributed by atoms with Crippen LogP contribution < -0.4 is 0 Å². The molecular weight excluding hydrogens is 380 g/mol. The molecule has 152 valence electrons. The molecule has 2 aromatic carbocycles. The quantitative estimate of drug-likeness (QED) is 0.318. The van der Waals surface area contributed by atoms with Crippen molar-refractivity contribution in [2.24, 2.45) is 0 Å². The average Bonchev–Trinajstić information content (AvgIpc) is 3.29. The van der Waals surface area contributed by atoms with Gasteiger partial charge in [-0.15, -0.1) is 0 Å². The molecule has 0 saturated carbocycles. The minimum atomic E-state index is -0.440. The summed E-state index contributed by atoms with van der Waals surface area (Å²) in [5.74, 6) is 0.613. The van der Waals surface area contributed by atoms with Crippen molar-refractivity contribution in [3.05, 3.63) is 106 Å². The lowest BCUT2D eigenvalue weighted by Gasteiger charge is -2.35. The third-order valence-electron chi connectivity index (χ3n) is 5.43. The van der Waals surface area contributed by atoms with Crippen LogP contribution in [0.3, 0.4) is 0 Å². The predicted molar refractivity (Wildman–Crippen MR) is 114 cm³/mol. The summed E-state index contributed by atoms with van der Waals surface area (Å²) in [6.07, 6.45) is 7.77. The highest BCUT2D eigenvalue weighted by molar-refractivity contribution is 5.92. The van der Waals surface area contributed by atoms with Gasteiger partial charge in [0.15, 0.2) is 0 Å². The van der Waals surface area contributed by atoms with Crippen LogP contribution >= 0.6 is 0 Å². The Morgan fingerprint density at radius 2 is 1.93 bits per heavy atom. The molecule has 0 saturated heterocycles. The third-order valence-corrected chi connectivity index (χ3v) is 5.43.